The van der Waals surface area contributed by atoms with Gasteiger partial charge in [-0.15, -0.1) is 10.2 Å². The number of halogens is 3. The average Bonchev–Trinajstić information content (AvgIpc) is 3.13. The van der Waals surface area contributed by atoms with Crippen molar-refractivity contribution in [1.29, 1.82) is 0 Å². The third-order valence-corrected chi connectivity index (χ3v) is 5.11. The summed E-state index contributed by atoms with van der Waals surface area (Å²) in [5, 5.41) is 11.6. The molecule has 0 unspecified atom stereocenters. The zero-order valence-corrected chi connectivity index (χ0v) is 16.9. The van der Waals surface area contributed by atoms with Crippen molar-refractivity contribution in [2.75, 3.05) is 18.9 Å². The lowest BCUT2D eigenvalue weighted by molar-refractivity contribution is -0.160. The van der Waals surface area contributed by atoms with Crippen LogP contribution >= 0.6 is 11.8 Å². The summed E-state index contributed by atoms with van der Waals surface area (Å²) in [6, 6.07) is 7.14. The van der Waals surface area contributed by atoms with E-state index < -0.39 is 18.9 Å². The SMILES string of the molecule is CCCCn1c(=O)c2ccccc2n2c(SCCNC(=O)OCC(F)(F)F)nnc12. The average molecular weight is 443 g/mol. The first kappa shape index (κ1) is 21.9. The Balaban J connectivity index is 1.76. The molecule has 0 aliphatic carbocycles. The fraction of sp³-hybridized carbons (Fsp3) is 0.444. The number of carbonyl (C=O) groups is 1. The molecule has 2 aromatic heterocycles. The molecular weight excluding hydrogens is 423 g/mol. The number of para-hydroxylation sites is 1. The number of nitrogens with one attached hydrogen (secondary N) is 1. The molecule has 8 nitrogen and oxygen atoms in total. The smallest absolute Gasteiger partial charge is 0.422 e. The van der Waals surface area contributed by atoms with E-state index in [9.17, 15) is 22.8 Å². The second-order valence-corrected chi connectivity index (χ2v) is 7.47. The molecule has 30 heavy (non-hydrogen) atoms. The molecule has 0 saturated carbocycles. The Morgan fingerprint density at radius 3 is 2.77 bits per heavy atom. The molecule has 3 aromatic rings. The molecule has 0 atom stereocenters. The van der Waals surface area contributed by atoms with Crippen LogP contribution in [0.5, 0.6) is 0 Å². The maximum absolute atomic E-state index is 12.9. The molecule has 1 N–H and O–H groups in total. The van der Waals surface area contributed by atoms with Gasteiger partial charge in [0.05, 0.1) is 10.9 Å². The molecule has 0 aliphatic heterocycles. The van der Waals surface area contributed by atoms with Gasteiger partial charge in [-0.25, -0.2) is 4.79 Å². The lowest BCUT2D eigenvalue weighted by Crippen LogP contribution is -2.30. The number of alkyl carbamates (subject to hydrolysis) is 1. The fourth-order valence-electron chi connectivity index (χ4n) is 2.84. The van der Waals surface area contributed by atoms with E-state index in [4.69, 9.17) is 0 Å². The van der Waals surface area contributed by atoms with Gasteiger partial charge in [-0.3, -0.25) is 13.8 Å². The van der Waals surface area contributed by atoms with Crippen LogP contribution in [0.3, 0.4) is 0 Å². The third-order valence-electron chi connectivity index (χ3n) is 4.18. The van der Waals surface area contributed by atoms with Gasteiger partial charge in [-0.1, -0.05) is 37.2 Å². The maximum Gasteiger partial charge on any atom is 0.422 e. The second kappa shape index (κ2) is 9.37. The molecule has 0 spiro atoms. The van der Waals surface area contributed by atoms with E-state index in [1.807, 2.05) is 13.0 Å². The molecule has 0 bridgehead atoms. The number of hydrogen-bond acceptors (Lipinski definition) is 6. The topological polar surface area (TPSA) is 90.5 Å². The van der Waals surface area contributed by atoms with Gasteiger partial charge in [0, 0.05) is 18.8 Å². The molecule has 2 heterocycles. The highest BCUT2D eigenvalue weighted by atomic mass is 32.2. The van der Waals surface area contributed by atoms with E-state index >= 15 is 0 Å². The van der Waals surface area contributed by atoms with Crippen molar-refractivity contribution >= 4 is 34.5 Å². The molecule has 1 amide bonds. The van der Waals surface area contributed by atoms with E-state index in [1.54, 1.807) is 27.2 Å². The number of benzene rings is 1. The molecular formula is C18H20F3N5O3S. The van der Waals surface area contributed by atoms with E-state index in [0.29, 0.717) is 34.1 Å². The minimum Gasteiger partial charge on any atom is -0.440 e. The highest BCUT2D eigenvalue weighted by Gasteiger charge is 2.29. The van der Waals surface area contributed by atoms with Gasteiger partial charge in [0.1, 0.15) is 0 Å². The van der Waals surface area contributed by atoms with Crippen LogP contribution in [0.1, 0.15) is 19.8 Å². The number of ether oxygens (including phenoxy) is 1. The van der Waals surface area contributed by atoms with Crippen LogP contribution in [0, 0.1) is 0 Å². The second-order valence-electron chi connectivity index (χ2n) is 6.41. The first-order valence-electron chi connectivity index (χ1n) is 9.28. The van der Waals surface area contributed by atoms with Gasteiger partial charge in [0.25, 0.3) is 5.56 Å². The summed E-state index contributed by atoms with van der Waals surface area (Å²) >= 11 is 1.26. The summed E-state index contributed by atoms with van der Waals surface area (Å²) in [7, 11) is 0. The Morgan fingerprint density at radius 1 is 1.27 bits per heavy atom. The Labute approximate surface area is 173 Å². The normalized spacial score (nSPS) is 11.9. The zero-order chi connectivity index (χ0) is 21.7. The van der Waals surface area contributed by atoms with Crippen molar-refractivity contribution in [3.63, 3.8) is 0 Å². The molecule has 12 heteroatoms. The summed E-state index contributed by atoms with van der Waals surface area (Å²) < 4.78 is 43.6. The van der Waals surface area contributed by atoms with Crippen LogP contribution in [0.4, 0.5) is 18.0 Å². The van der Waals surface area contributed by atoms with E-state index in [0.717, 1.165) is 12.8 Å². The molecule has 0 aliphatic rings. The number of aryl methyl sites for hydroxylation is 1. The highest BCUT2D eigenvalue weighted by Crippen LogP contribution is 2.21. The summed E-state index contributed by atoms with van der Waals surface area (Å²) in [6.45, 7) is 0.978. The van der Waals surface area contributed by atoms with E-state index in [1.165, 1.54) is 11.8 Å². The summed E-state index contributed by atoms with van der Waals surface area (Å²) in [5.74, 6) is 0.747. The van der Waals surface area contributed by atoms with E-state index in [2.05, 4.69) is 20.3 Å². The van der Waals surface area contributed by atoms with Gasteiger partial charge in [-0.05, 0) is 18.6 Å². The van der Waals surface area contributed by atoms with Gasteiger partial charge < -0.3 is 10.1 Å². The van der Waals surface area contributed by atoms with Crippen LogP contribution in [0.2, 0.25) is 0 Å². The summed E-state index contributed by atoms with van der Waals surface area (Å²) in [5.41, 5.74) is 0.528. The fourth-order valence-corrected chi connectivity index (χ4v) is 3.63. The van der Waals surface area contributed by atoms with Crippen molar-refractivity contribution in [3.8, 4) is 0 Å². The number of amides is 1. The number of unbranched alkanes of at least 4 members (excludes halogenated alkanes) is 1. The number of aromatic nitrogens is 4. The van der Waals surface area contributed by atoms with Crippen LogP contribution in [-0.2, 0) is 11.3 Å². The first-order valence-corrected chi connectivity index (χ1v) is 10.3. The lowest BCUT2D eigenvalue weighted by atomic mass is 10.2. The molecule has 0 fully saturated rings. The quantitative estimate of drug-likeness (QED) is 0.425. The van der Waals surface area contributed by atoms with Crippen molar-refractivity contribution in [3.05, 3.63) is 34.6 Å². The maximum atomic E-state index is 12.9. The number of carbonyl (C=O) groups excluding carboxylic acids is 1. The zero-order valence-electron chi connectivity index (χ0n) is 16.1. The highest BCUT2D eigenvalue weighted by molar-refractivity contribution is 7.99. The van der Waals surface area contributed by atoms with Crippen molar-refractivity contribution < 1.29 is 22.7 Å². The number of fused-ring (bicyclic) bond motifs is 3. The number of thioether (sulfide) groups is 1. The number of rotatable bonds is 8. The monoisotopic (exact) mass is 443 g/mol. The van der Waals surface area contributed by atoms with Crippen molar-refractivity contribution in [2.45, 2.75) is 37.6 Å². The Morgan fingerprint density at radius 2 is 2.03 bits per heavy atom. The largest absolute Gasteiger partial charge is 0.440 e. The van der Waals surface area contributed by atoms with Gasteiger partial charge in [0.2, 0.25) is 5.78 Å². The predicted molar refractivity (Wildman–Crippen MR) is 106 cm³/mol. The summed E-state index contributed by atoms with van der Waals surface area (Å²) in [4.78, 5) is 24.2. The Bertz CT molecular complexity index is 1100. The van der Waals surface area contributed by atoms with Crippen molar-refractivity contribution in [1.82, 2.24) is 24.5 Å². The molecule has 0 saturated heterocycles. The van der Waals surface area contributed by atoms with Crippen LogP contribution < -0.4 is 10.9 Å². The predicted octanol–water partition coefficient (Wildman–Crippen LogP) is 3.22. The van der Waals surface area contributed by atoms with E-state index in [-0.39, 0.29) is 12.1 Å². The van der Waals surface area contributed by atoms with Crippen molar-refractivity contribution in [2.24, 2.45) is 0 Å². The van der Waals surface area contributed by atoms with Gasteiger partial charge in [0.15, 0.2) is 11.8 Å². The minimum absolute atomic E-state index is 0.0731. The van der Waals surface area contributed by atoms with Crippen LogP contribution in [-0.4, -0.2) is 50.3 Å². The summed E-state index contributed by atoms with van der Waals surface area (Å²) in [6.07, 6.45) is -3.98. The minimum atomic E-state index is -4.57. The molecule has 1 aromatic carbocycles. The first-order chi connectivity index (χ1) is 14.3. The standard InChI is InChI=1S/C18H20F3N5O3S/c1-2-3-9-25-14(27)12-6-4-5-7-13(12)26-15(25)23-24-16(26)30-10-8-22-17(28)29-11-18(19,20)21/h4-7H,2-3,8-11H2,1H3,(H,22,28). The third kappa shape index (κ3) is 5.04. The Hall–Kier alpha value is -2.76. The van der Waals surface area contributed by atoms with Gasteiger partial charge >= 0.3 is 12.3 Å². The number of hydrogen-bond donors (Lipinski definition) is 1. The molecule has 0 radical (unpaired) electrons. The molecule has 3 rings (SSSR count). The Kier molecular flexibility index (Phi) is 6.85. The van der Waals surface area contributed by atoms with Gasteiger partial charge in [-0.2, -0.15) is 13.2 Å². The van der Waals surface area contributed by atoms with Crippen LogP contribution in [0.15, 0.2) is 34.2 Å². The van der Waals surface area contributed by atoms with Crippen LogP contribution in [0.25, 0.3) is 16.7 Å². The lowest BCUT2D eigenvalue weighted by Gasteiger charge is -2.11. The molecule has 162 valence electrons. The number of alkyl halides is 3. The number of nitrogens with zero attached hydrogens (tertiary/aromatic N) is 4.